The molecular formula is C28H61Fe3N3O21+3. The van der Waals surface area contributed by atoms with E-state index in [-0.39, 0.29) is 120 Å². The summed E-state index contributed by atoms with van der Waals surface area (Å²) in [6.45, 7) is 21.8. The fraction of sp³-hybridized carbons (Fsp3) is 0.714. The van der Waals surface area contributed by atoms with Crippen molar-refractivity contribution in [3.05, 3.63) is 15.3 Å². The molecule has 24 nitrogen and oxygen atoms in total. The molecule has 0 aliphatic rings. The summed E-state index contributed by atoms with van der Waals surface area (Å²) < 4.78 is 0. The maximum atomic E-state index is 9.59. The van der Waals surface area contributed by atoms with Crippen LogP contribution in [0.15, 0.2) is 0 Å². The van der Waals surface area contributed by atoms with Gasteiger partial charge in [-0.1, -0.05) is 83.1 Å². The smallest absolute Gasteiger partial charge is 2.00 e. The van der Waals surface area contributed by atoms with Gasteiger partial charge in [-0.25, -0.2) is 0 Å². The van der Waals surface area contributed by atoms with Crippen LogP contribution in [0.4, 0.5) is 0 Å². The summed E-state index contributed by atoms with van der Waals surface area (Å²) in [5.41, 5.74) is 0. The Morgan fingerprint density at radius 2 is 0.436 bits per heavy atom. The topological polar surface area (TPSA) is 545 Å². The molecule has 0 spiro atoms. The number of hydrogen-bond donors (Lipinski definition) is 0. The number of carbonyl (C=O) groups is 6. The summed E-state index contributed by atoms with van der Waals surface area (Å²) in [6, 6.07) is 3.50. The standard InChI is InChI=1S/6C4H8O2.2C2H3N.3Fe.NO3.5H2O.O/c6*1-3(2)4(5)6;2*1-2-3;;;;2-1(3)4;;;;;;/h6*3H,1-2H3,(H,5,6);2*1H3;;;;;5*1H2;/q;;;;;;;;3*+3;-1;;;;;;-2/p-3. The molecular weight excluding hydrogens is 882 g/mol. The number of carboxylic acid groups (broad SMARTS) is 6. The van der Waals surface area contributed by atoms with Crippen molar-refractivity contribution in [3.8, 4) is 12.1 Å². The summed E-state index contributed by atoms with van der Waals surface area (Å²) in [5.74, 6) is -8.00. The molecule has 27 heteroatoms. The third kappa shape index (κ3) is 285. The Morgan fingerprint density at radius 3 is 0.436 bits per heavy atom. The van der Waals surface area contributed by atoms with Gasteiger partial charge in [0.1, 0.15) is 0 Å². The minimum absolute atomic E-state index is 0. The molecule has 0 unspecified atom stereocenters. The van der Waals surface area contributed by atoms with Gasteiger partial charge in [-0.3, -0.25) is 0 Å². The van der Waals surface area contributed by atoms with E-state index in [4.69, 9.17) is 25.8 Å². The van der Waals surface area contributed by atoms with Crippen molar-refractivity contribution in [1.82, 2.24) is 0 Å². The molecule has 0 aromatic carbocycles. The Bertz CT molecular complexity index is 755. The third-order valence-corrected chi connectivity index (χ3v) is 2.83. The van der Waals surface area contributed by atoms with Crippen LogP contribution in [0.5, 0.6) is 0 Å². The van der Waals surface area contributed by atoms with Crippen LogP contribution in [0.2, 0.25) is 0 Å². The summed E-state index contributed by atoms with van der Waals surface area (Å²) in [6.07, 6.45) is 0. The monoisotopic (exact) mass is 943 g/mol. The zero-order valence-corrected chi connectivity index (χ0v) is 36.4. The first-order valence-corrected chi connectivity index (χ1v) is 13.1. The van der Waals surface area contributed by atoms with Gasteiger partial charge in [0.05, 0.1) is 17.2 Å². The van der Waals surface area contributed by atoms with Crippen LogP contribution in [0.1, 0.15) is 96.9 Å². The quantitative estimate of drug-likeness (QED) is 0.103. The van der Waals surface area contributed by atoms with Crippen molar-refractivity contribution in [3.63, 3.8) is 0 Å². The first-order valence-electron chi connectivity index (χ1n) is 13.1. The van der Waals surface area contributed by atoms with E-state index in [1.165, 1.54) is 13.8 Å². The molecule has 0 aromatic heterocycles. The Hall–Kier alpha value is -3.68. The van der Waals surface area contributed by atoms with Gasteiger partial charge in [0.2, 0.25) is 0 Å². The number of carboxylic acids is 6. The minimum Gasteiger partial charge on any atom is -2.00 e. The SMILES string of the molecule is CC#N.CC#N.CC(C)C(=O)[O-].CC(C)C(=O)[O-].CC(C)C(=O)[O-].CC(C)C(=O)[O-].CC(C)C(=O)[O-].CC(C)C(=O)[O-].O.O.O=[N+]([O-])[O-].[Fe+3].[Fe+3].[Fe+3].[O-2].[OH3+].[OH3+].[OH3+]. The van der Waals surface area contributed by atoms with Crippen LogP contribution in [0.3, 0.4) is 0 Å². The Kier molecular flexibility index (Phi) is 187. The van der Waals surface area contributed by atoms with E-state index < -0.39 is 40.9 Å². The average molecular weight is 943 g/mol. The number of nitriles is 2. The van der Waals surface area contributed by atoms with Gasteiger partial charge < -0.3 is 108 Å². The van der Waals surface area contributed by atoms with Crippen LogP contribution >= 0.6 is 0 Å². The maximum absolute atomic E-state index is 9.59. The Labute approximate surface area is 353 Å². The summed E-state index contributed by atoms with van der Waals surface area (Å²) >= 11 is 0. The van der Waals surface area contributed by atoms with Crippen molar-refractivity contribution in [2.45, 2.75) is 96.9 Å². The number of carbonyl (C=O) groups excluding carboxylic acids is 6. The second-order valence-electron chi connectivity index (χ2n) is 9.51. The number of rotatable bonds is 6. The van der Waals surface area contributed by atoms with Crippen molar-refractivity contribution in [1.29, 1.82) is 10.5 Å². The van der Waals surface area contributed by atoms with E-state index in [9.17, 15) is 59.4 Å². The summed E-state index contributed by atoms with van der Waals surface area (Å²) in [5, 5.41) is 86.9. The molecule has 0 fully saturated rings. The number of aliphatic carboxylic acids is 6. The first kappa shape index (κ1) is 117. The van der Waals surface area contributed by atoms with Crippen LogP contribution in [0, 0.1) is 73.5 Å². The second kappa shape index (κ2) is 87.9. The van der Waals surface area contributed by atoms with Crippen molar-refractivity contribution < 1.29 is 149 Å². The fourth-order valence-corrected chi connectivity index (χ4v) is 0. The molecule has 0 saturated heterocycles. The normalized spacial score (nSPS) is 6.73. The van der Waals surface area contributed by atoms with Crippen LogP contribution < -0.4 is 30.6 Å². The predicted octanol–water partition coefficient (Wildman–Crippen LogP) is -7.37. The van der Waals surface area contributed by atoms with Crippen LogP contribution in [-0.4, -0.2) is 51.9 Å². The van der Waals surface area contributed by atoms with Crippen molar-refractivity contribution in [2.75, 3.05) is 0 Å². The van der Waals surface area contributed by atoms with E-state index in [1.54, 1.807) is 95.2 Å². The van der Waals surface area contributed by atoms with Crippen LogP contribution in [-0.2, 0) is 102 Å². The largest absolute Gasteiger partial charge is 3.00 e. The van der Waals surface area contributed by atoms with Crippen molar-refractivity contribution in [2.24, 2.45) is 35.5 Å². The molecule has 0 aromatic rings. The molecule has 0 heterocycles. The van der Waals surface area contributed by atoms with E-state index in [2.05, 4.69) is 0 Å². The van der Waals surface area contributed by atoms with Gasteiger partial charge >= 0.3 is 51.2 Å². The zero-order valence-electron chi connectivity index (χ0n) is 33.1. The molecule has 0 bridgehead atoms. The molecule has 0 amide bonds. The van der Waals surface area contributed by atoms with Gasteiger partial charge in [-0.2, -0.15) is 10.5 Å². The van der Waals surface area contributed by atoms with Gasteiger partial charge in [0.15, 0.2) is 0 Å². The third-order valence-electron chi connectivity index (χ3n) is 2.83. The minimum atomic E-state index is -1.75. The van der Waals surface area contributed by atoms with Gasteiger partial charge in [-0.05, 0) is 35.5 Å². The fourth-order valence-electron chi connectivity index (χ4n) is 0. The zero-order chi connectivity index (χ0) is 39.9. The molecule has 55 heavy (non-hydrogen) atoms. The second-order valence-corrected chi connectivity index (χ2v) is 9.51. The van der Waals surface area contributed by atoms with E-state index >= 15 is 0 Å². The van der Waals surface area contributed by atoms with Gasteiger partial charge in [-0.15, -0.1) is 0 Å². The summed E-state index contributed by atoms with van der Waals surface area (Å²) in [4.78, 5) is 65.8. The molecule has 0 atom stereocenters. The Balaban J connectivity index is -0.0000000173. The Morgan fingerprint density at radius 1 is 0.418 bits per heavy atom. The molecule has 13 N–H and O–H groups in total. The van der Waals surface area contributed by atoms with Crippen LogP contribution in [0.25, 0.3) is 0 Å². The molecule has 0 aliphatic carbocycles. The summed E-state index contributed by atoms with van der Waals surface area (Å²) in [7, 11) is 0. The van der Waals surface area contributed by atoms with E-state index in [0.29, 0.717) is 0 Å². The van der Waals surface area contributed by atoms with E-state index in [0.717, 1.165) is 0 Å². The van der Waals surface area contributed by atoms with Gasteiger partial charge in [0, 0.05) is 49.7 Å². The first-order chi connectivity index (χ1) is 20.4. The molecule has 0 saturated carbocycles. The average Bonchev–Trinajstić information content (AvgIpc) is 2.86. The molecule has 0 rings (SSSR count). The van der Waals surface area contributed by atoms with Gasteiger partial charge in [0.25, 0.3) is 0 Å². The molecule has 0 aliphatic heterocycles. The van der Waals surface area contributed by atoms with Crippen molar-refractivity contribution >= 4 is 35.8 Å². The van der Waals surface area contributed by atoms with E-state index in [1.807, 2.05) is 0 Å². The number of hydrogen-bond acceptors (Lipinski definition) is 17. The predicted molar refractivity (Wildman–Crippen MR) is 175 cm³/mol. The number of nitrogens with zero attached hydrogens (tertiary/aromatic N) is 3. The molecule has 3 radical (unpaired) electrons. The maximum Gasteiger partial charge on any atom is 3.00 e. The molecule has 335 valence electrons.